The van der Waals surface area contributed by atoms with Crippen LogP contribution in [0.15, 0.2) is 23.3 Å². The number of methoxy groups -OCH3 is 1. The van der Waals surface area contributed by atoms with Crippen LogP contribution in [0.1, 0.15) is 46.6 Å². The van der Waals surface area contributed by atoms with Crippen molar-refractivity contribution in [3.8, 4) is 5.88 Å². The molecule has 6 heteroatoms. The first-order valence-corrected chi connectivity index (χ1v) is 9.25. The molecule has 0 aliphatic heterocycles. The molecule has 1 aromatic heterocycles. The average molecular weight is 350 g/mol. The van der Waals surface area contributed by atoms with E-state index in [1.54, 1.807) is 13.3 Å². The predicted octanol–water partition coefficient (Wildman–Crippen LogP) is 2.65. The van der Waals surface area contributed by atoms with Crippen LogP contribution in [-0.4, -0.2) is 54.7 Å². The average Bonchev–Trinajstić information content (AvgIpc) is 2.58. The smallest absolute Gasteiger partial charge is 0.218 e. The summed E-state index contributed by atoms with van der Waals surface area (Å²) < 4.78 is 5.28. The summed E-state index contributed by atoms with van der Waals surface area (Å²) in [6.07, 6.45) is 2.81. The molecule has 0 bridgehead atoms. The zero-order valence-corrected chi connectivity index (χ0v) is 16.7. The second kappa shape index (κ2) is 11.7. The van der Waals surface area contributed by atoms with E-state index in [-0.39, 0.29) is 0 Å². The summed E-state index contributed by atoms with van der Waals surface area (Å²) in [5, 5.41) is 6.70. The fraction of sp³-hybridized carbons (Fsp3) is 0.684. The van der Waals surface area contributed by atoms with Crippen molar-refractivity contribution in [2.24, 2.45) is 4.99 Å². The number of nitrogens with one attached hydrogen (secondary N) is 2. The Morgan fingerprint density at radius 2 is 1.96 bits per heavy atom. The summed E-state index contributed by atoms with van der Waals surface area (Å²) >= 11 is 0. The second-order valence-electron chi connectivity index (χ2n) is 6.57. The van der Waals surface area contributed by atoms with Crippen LogP contribution in [0, 0.1) is 0 Å². The van der Waals surface area contributed by atoms with Gasteiger partial charge in [0, 0.05) is 43.5 Å². The first kappa shape index (κ1) is 21.2. The molecule has 0 aromatic carbocycles. The number of aliphatic imine (C=N–C) groups is 1. The van der Waals surface area contributed by atoms with E-state index >= 15 is 0 Å². The highest BCUT2D eigenvalue weighted by Gasteiger charge is 2.12. The maximum atomic E-state index is 5.28. The topological polar surface area (TPSA) is 61.8 Å². The van der Waals surface area contributed by atoms with Gasteiger partial charge in [0.2, 0.25) is 5.88 Å². The molecule has 0 unspecified atom stereocenters. The molecule has 0 fully saturated rings. The van der Waals surface area contributed by atoms with Gasteiger partial charge in [-0.25, -0.2) is 9.98 Å². The molecule has 0 amide bonds. The highest BCUT2D eigenvalue weighted by atomic mass is 16.5. The molecular formula is C19H35N5O. The van der Waals surface area contributed by atoms with Gasteiger partial charge in [0.05, 0.1) is 13.7 Å². The van der Waals surface area contributed by atoms with Crippen LogP contribution in [0.4, 0.5) is 0 Å². The van der Waals surface area contributed by atoms with Gasteiger partial charge < -0.3 is 15.4 Å². The van der Waals surface area contributed by atoms with Crippen molar-refractivity contribution in [3.05, 3.63) is 23.9 Å². The van der Waals surface area contributed by atoms with Crippen molar-refractivity contribution in [1.29, 1.82) is 0 Å². The maximum Gasteiger partial charge on any atom is 0.218 e. The van der Waals surface area contributed by atoms with Crippen molar-refractivity contribution in [2.75, 3.05) is 26.7 Å². The molecule has 0 aliphatic rings. The lowest BCUT2D eigenvalue weighted by atomic mass is 10.2. The summed E-state index contributed by atoms with van der Waals surface area (Å²) in [4.78, 5) is 11.4. The van der Waals surface area contributed by atoms with Gasteiger partial charge >= 0.3 is 0 Å². The van der Waals surface area contributed by atoms with Crippen LogP contribution in [0.3, 0.4) is 0 Å². The summed E-state index contributed by atoms with van der Waals surface area (Å²) in [6, 6.07) is 5.03. The molecule has 142 valence electrons. The fourth-order valence-electron chi connectivity index (χ4n) is 2.82. The van der Waals surface area contributed by atoms with Gasteiger partial charge in [-0.1, -0.05) is 6.07 Å². The predicted molar refractivity (Wildman–Crippen MR) is 105 cm³/mol. The molecule has 1 heterocycles. The van der Waals surface area contributed by atoms with Gasteiger partial charge in [-0.2, -0.15) is 0 Å². The van der Waals surface area contributed by atoms with Gasteiger partial charge in [-0.15, -0.1) is 0 Å². The minimum Gasteiger partial charge on any atom is -0.481 e. The SMILES string of the molecule is CCNC(=NCc1cccnc1OC)NCCCN(C(C)C)C(C)C. The van der Waals surface area contributed by atoms with E-state index in [1.165, 1.54) is 0 Å². The van der Waals surface area contributed by atoms with Gasteiger partial charge in [-0.05, 0) is 47.1 Å². The highest BCUT2D eigenvalue weighted by Crippen LogP contribution is 2.14. The lowest BCUT2D eigenvalue weighted by molar-refractivity contribution is 0.173. The van der Waals surface area contributed by atoms with E-state index in [0.717, 1.165) is 37.6 Å². The Balaban J connectivity index is 2.53. The standard InChI is InChI=1S/C19H35N5O/c1-7-20-19(22-12-9-13-24(15(2)3)16(4)5)23-14-17-10-8-11-21-18(17)25-6/h8,10-11,15-16H,7,9,12-14H2,1-6H3,(H2,20,22,23). The molecule has 0 saturated carbocycles. The van der Waals surface area contributed by atoms with Gasteiger partial charge in [0.15, 0.2) is 5.96 Å². The molecule has 2 N–H and O–H groups in total. The number of guanidine groups is 1. The van der Waals surface area contributed by atoms with E-state index in [1.807, 2.05) is 12.1 Å². The first-order valence-electron chi connectivity index (χ1n) is 9.25. The number of ether oxygens (including phenoxy) is 1. The highest BCUT2D eigenvalue weighted by molar-refractivity contribution is 5.79. The number of hydrogen-bond acceptors (Lipinski definition) is 4. The Morgan fingerprint density at radius 3 is 2.56 bits per heavy atom. The Bertz CT molecular complexity index is 508. The quantitative estimate of drug-likeness (QED) is 0.386. The van der Waals surface area contributed by atoms with Crippen molar-refractivity contribution >= 4 is 5.96 Å². The summed E-state index contributed by atoms with van der Waals surface area (Å²) in [7, 11) is 1.63. The third kappa shape index (κ3) is 7.73. The van der Waals surface area contributed by atoms with Crippen LogP contribution in [-0.2, 0) is 6.54 Å². The fourth-order valence-corrected chi connectivity index (χ4v) is 2.82. The zero-order chi connectivity index (χ0) is 18.7. The summed E-state index contributed by atoms with van der Waals surface area (Å²) in [5.41, 5.74) is 0.980. The number of nitrogens with zero attached hydrogens (tertiary/aromatic N) is 3. The van der Waals surface area contributed by atoms with E-state index in [4.69, 9.17) is 4.74 Å². The van der Waals surface area contributed by atoms with Crippen LogP contribution in [0.2, 0.25) is 0 Å². The molecule has 0 saturated heterocycles. The Kier molecular flexibility index (Phi) is 9.92. The summed E-state index contributed by atoms with van der Waals surface area (Å²) in [6.45, 7) is 14.4. The van der Waals surface area contributed by atoms with E-state index in [9.17, 15) is 0 Å². The van der Waals surface area contributed by atoms with Crippen LogP contribution < -0.4 is 15.4 Å². The first-order chi connectivity index (χ1) is 12.0. The number of rotatable bonds is 10. The molecular weight excluding hydrogens is 314 g/mol. The lowest BCUT2D eigenvalue weighted by Gasteiger charge is -2.30. The van der Waals surface area contributed by atoms with Gasteiger partial charge in [0.1, 0.15) is 0 Å². The third-order valence-corrected chi connectivity index (χ3v) is 4.01. The number of pyridine rings is 1. The van der Waals surface area contributed by atoms with Crippen LogP contribution in [0.5, 0.6) is 5.88 Å². The van der Waals surface area contributed by atoms with Gasteiger partial charge in [-0.3, -0.25) is 4.90 Å². The molecule has 1 aromatic rings. The molecule has 0 aliphatic carbocycles. The van der Waals surface area contributed by atoms with Crippen molar-refractivity contribution in [1.82, 2.24) is 20.5 Å². The Morgan fingerprint density at radius 1 is 1.24 bits per heavy atom. The number of aromatic nitrogens is 1. The zero-order valence-electron chi connectivity index (χ0n) is 16.7. The summed E-state index contributed by atoms with van der Waals surface area (Å²) in [5.74, 6) is 1.46. The Labute approximate surface area is 153 Å². The largest absolute Gasteiger partial charge is 0.481 e. The van der Waals surface area contributed by atoms with Crippen molar-refractivity contribution < 1.29 is 4.74 Å². The molecule has 6 nitrogen and oxygen atoms in total. The van der Waals surface area contributed by atoms with Crippen LogP contribution in [0.25, 0.3) is 0 Å². The molecule has 0 radical (unpaired) electrons. The molecule has 25 heavy (non-hydrogen) atoms. The van der Waals surface area contributed by atoms with E-state index in [0.29, 0.717) is 24.5 Å². The monoisotopic (exact) mass is 349 g/mol. The van der Waals surface area contributed by atoms with E-state index < -0.39 is 0 Å². The third-order valence-electron chi connectivity index (χ3n) is 4.01. The van der Waals surface area contributed by atoms with Crippen molar-refractivity contribution in [3.63, 3.8) is 0 Å². The minimum atomic E-state index is 0.538. The van der Waals surface area contributed by atoms with E-state index in [2.05, 4.69) is 60.1 Å². The second-order valence-corrected chi connectivity index (χ2v) is 6.57. The van der Waals surface area contributed by atoms with Crippen LogP contribution >= 0.6 is 0 Å². The van der Waals surface area contributed by atoms with Crippen molar-refractivity contribution in [2.45, 2.75) is 59.7 Å². The molecule has 1 rings (SSSR count). The molecule has 0 spiro atoms. The number of hydrogen-bond donors (Lipinski definition) is 2. The Hall–Kier alpha value is -1.82. The minimum absolute atomic E-state index is 0.538. The normalized spacial score (nSPS) is 12.1. The van der Waals surface area contributed by atoms with Gasteiger partial charge in [0.25, 0.3) is 0 Å². The molecule has 0 atom stereocenters. The lowest BCUT2D eigenvalue weighted by Crippen LogP contribution is -2.41. The maximum absolute atomic E-state index is 5.28.